The lowest BCUT2D eigenvalue weighted by Crippen LogP contribution is -2.45. The molecule has 0 saturated carbocycles. The van der Waals surface area contributed by atoms with Crippen LogP contribution >= 0.6 is 0 Å². The van der Waals surface area contributed by atoms with Crippen LogP contribution in [0.4, 0.5) is 0 Å². The summed E-state index contributed by atoms with van der Waals surface area (Å²) in [5, 5.41) is 4.95. The summed E-state index contributed by atoms with van der Waals surface area (Å²) in [5.74, 6) is -0.572. The van der Waals surface area contributed by atoms with Crippen molar-refractivity contribution in [3.8, 4) is 0 Å². The van der Waals surface area contributed by atoms with Gasteiger partial charge in [-0.2, -0.15) is 0 Å². The Morgan fingerprint density at radius 3 is 2.40 bits per heavy atom. The first kappa shape index (κ1) is 13.2. The van der Waals surface area contributed by atoms with Crippen molar-refractivity contribution in [3.05, 3.63) is 0 Å². The first-order valence-electron chi connectivity index (χ1n) is 4.51. The Bertz CT molecular complexity index is 260. The first-order chi connectivity index (χ1) is 6.97. The standard InChI is InChI=1S/C8H17N5O2/c1-5(14)13-6(7(15)11-2)3-4-12-8(9)10/h6H,3-4H2,1-2H3,(H,11,15)(H,13,14)(H4,9,10,12). The molecule has 7 nitrogen and oxygen atoms in total. The predicted molar refractivity (Wildman–Crippen MR) is 57.0 cm³/mol. The number of aliphatic imine (C=N–C) groups is 1. The van der Waals surface area contributed by atoms with Crippen LogP contribution < -0.4 is 22.1 Å². The maximum absolute atomic E-state index is 11.3. The lowest BCUT2D eigenvalue weighted by molar-refractivity contribution is -0.127. The second-order valence-electron chi connectivity index (χ2n) is 2.96. The number of likely N-dealkylation sites (N-methyl/N-ethyl adjacent to an activating group) is 1. The summed E-state index contributed by atoms with van der Waals surface area (Å²) in [4.78, 5) is 25.8. The van der Waals surface area contributed by atoms with Crippen molar-refractivity contribution in [2.45, 2.75) is 19.4 Å². The van der Waals surface area contributed by atoms with Crippen LogP contribution in [0.1, 0.15) is 13.3 Å². The second kappa shape index (κ2) is 6.63. The first-order valence-corrected chi connectivity index (χ1v) is 4.51. The number of hydrogen-bond acceptors (Lipinski definition) is 3. The number of guanidine groups is 1. The highest BCUT2D eigenvalue weighted by Gasteiger charge is 2.16. The Kier molecular flexibility index (Phi) is 5.84. The lowest BCUT2D eigenvalue weighted by Gasteiger charge is -2.14. The largest absolute Gasteiger partial charge is 0.370 e. The molecule has 86 valence electrons. The molecule has 6 N–H and O–H groups in total. The number of nitrogens with zero attached hydrogens (tertiary/aromatic N) is 1. The number of nitrogens with one attached hydrogen (secondary N) is 2. The van der Waals surface area contributed by atoms with Crippen LogP contribution in [0.5, 0.6) is 0 Å². The van der Waals surface area contributed by atoms with Crippen LogP contribution in [-0.2, 0) is 9.59 Å². The quantitative estimate of drug-likeness (QED) is 0.310. The van der Waals surface area contributed by atoms with Gasteiger partial charge in [-0.05, 0) is 6.42 Å². The van der Waals surface area contributed by atoms with E-state index in [0.717, 1.165) is 0 Å². The average Bonchev–Trinajstić information content (AvgIpc) is 2.14. The van der Waals surface area contributed by atoms with Crippen LogP contribution in [0.15, 0.2) is 4.99 Å². The summed E-state index contributed by atoms with van der Waals surface area (Å²) in [6, 6.07) is -0.601. The second-order valence-corrected chi connectivity index (χ2v) is 2.96. The molecule has 0 saturated heterocycles. The highest BCUT2D eigenvalue weighted by atomic mass is 16.2. The molecule has 1 atom stereocenters. The van der Waals surface area contributed by atoms with E-state index in [-0.39, 0.29) is 17.8 Å². The zero-order valence-corrected chi connectivity index (χ0v) is 8.91. The molecule has 0 aromatic heterocycles. The highest BCUT2D eigenvalue weighted by Crippen LogP contribution is 1.93. The number of hydrogen-bond donors (Lipinski definition) is 4. The van der Waals surface area contributed by atoms with Gasteiger partial charge < -0.3 is 22.1 Å². The molecule has 0 aliphatic heterocycles. The van der Waals surface area contributed by atoms with Crippen molar-refractivity contribution < 1.29 is 9.59 Å². The van der Waals surface area contributed by atoms with E-state index < -0.39 is 6.04 Å². The van der Waals surface area contributed by atoms with E-state index in [0.29, 0.717) is 13.0 Å². The van der Waals surface area contributed by atoms with Crippen molar-refractivity contribution in [3.63, 3.8) is 0 Å². The summed E-state index contributed by atoms with van der Waals surface area (Å²) >= 11 is 0. The molecule has 0 rings (SSSR count). The molecule has 0 fully saturated rings. The van der Waals surface area contributed by atoms with Crippen LogP contribution in [0.25, 0.3) is 0 Å². The normalized spacial score (nSPS) is 11.3. The van der Waals surface area contributed by atoms with Gasteiger partial charge in [-0.15, -0.1) is 0 Å². The molecule has 2 amide bonds. The van der Waals surface area contributed by atoms with Gasteiger partial charge in [0, 0.05) is 20.5 Å². The van der Waals surface area contributed by atoms with Gasteiger partial charge in [0.05, 0.1) is 0 Å². The van der Waals surface area contributed by atoms with Gasteiger partial charge in [0.15, 0.2) is 5.96 Å². The average molecular weight is 215 g/mol. The molecular weight excluding hydrogens is 198 g/mol. The van der Waals surface area contributed by atoms with E-state index in [4.69, 9.17) is 11.5 Å². The smallest absolute Gasteiger partial charge is 0.242 e. The Balaban J connectivity index is 4.19. The molecule has 7 heteroatoms. The molecular formula is C8H17N5O2. The van der Waals surface area contributed by atoms with Gasteiger partial charge in [0.1, 0.15) is 6.04 Å². The summed E-state index contributed by atoms with van der Waals surface area (Å²) in [6.07, 6.45) is 0.358. The zero-order chi connectivity index (χ0) is 11.8. The number of nitrogens with two attached hydrogens (primary N) is 2. The summed E-state index contributed by atoms with van der Waals surface area (Å²) in [6.45, 7) is 1.64. The number of amides is 2. The van der Waals surface area contributed by atoms with Crippen LogP contribution in [0, 0.1) is 0 Å². The minimum absolute atomic E-state index is 0.0338. The Morgan fingerprint density at radius 1 is 1.40 bits per heavy atom. The highest BCUT2D eigenvalue weighted by molar-refractivity contribution is 5.86. The molecule has 15 heavy (non-hydrogen) atoms. The fraction of sp³-hybridized carbons (Fsp3) is 0.625. The van der Waals surface area contributed by atoms with Gasteiger partial charge in [0.2, 0.25) is 11.8 Å². The third-order valence-corrected chi connectivity index (χ3v) is 1.65. The third kappa shape index (κ3) is 6.30. The molecule has 0 radical (unpaired) electrons. The van der Waals surface area contributed by atoms with E-state index in [2.05, 4.69) is 15.6 Å². The van der Waals surface area contributed by atoms with Crippen molar-refractivity contribution in [1.82, 2.24) is 10.6 Å². The number of carbonyl (C=O) groups is 2. The number of carbonyl (C=O) groups excluding carboxylic acids is 2. The van der Waals surface area contributed by atoms with E-state index in [9.17, 15) is 9.59 Å². The molecule has 0 bridgehead atoms. The van der Waals surface area contributed by atoms with Crippen molar-refractivity contribution in [1.29, 1.82) is 0 Å². The van der Waals surface area contributed by atoms with E-state index in [1.807, 2.05) is 0 Å². The molecule has 0 spiro atoms. The lowest BCUT2D eigenvalue weighted by atomic mass is 10.2. The predicted octanol–water partition coefficient (Wildman–Crippen LogP) is -2.10. The fourth-order valence-corrected chi connectivity index (χ4v) is 1.01. The molecule has 0 aromatic carbocycles. The minimum Gasteiger partial charge on any atom is -0.370 e. The third-order valence-electron chi connectivity index (χ3n) is 1.65. The van der Waals surface area contributed by atoms with Crippen molar-refractivity contribution >= 4 is 17.8 Å². The van der Waals surface area contributed by atoms with Gasteiger partial charge in [-0.1, -0.05) is 0 Å². The van der Waals surface area contributed by atoms with E-state index in [1.165, 1.54) is 14.0 Å². The Morgan fingerprint density at radius 2 is 2.00 bits per heavy atom. The van der Waals surface area contributed by atoms with Crippen LogP contribution in [0.2, 0.25) is 0 Å². The SMILES string of the molecule is CNC(=O)C(CCN=C(N)N)NC(C)=O. The molecule has 0 heterocycles. The van der Waals surface area contributed by atoms with Gasteiger partial charge >= 0.3 is 0 Å². The maximum Gasteiger partial charge on any atom is 0.242 e. The fourth-order valence-electron chi connectivity index (χ4n) is 1.01. The van der Waals surface area contributed by atoms with Gasteiger partial charge in [-0.3, -0.25) is 14.6 Å². The van der Waals surface area contributed by atoms with Gasteiger partial charge in [-0.25, -0.2) is 0 Å². The van der Waals surface area contributed by atoms with Crippen molar-refractivity contribution in [2.75, 3.05) is 13.6 Å². The van der Waals surface area contributed by atoms with E-state index >= 15 is 0 Å². The summed E-state index contributed by atoms with van der Waals surface area (Å²) < 4.78 is 0. The van der Waals surface area contributed by atoms with Crippen molar-refractivity contribution in [2.24, 2.45) is 16.5 Å². The molecule has 1 unspecified atom stereocenters. The Labute approximate surface area is 88.3 Å². The monoisotopic (exact) mass is 215 g/mol. The van der Waals surface area contributed by atoms with Gasteiger partial charge in [0.25, 0.3) is 0 Å². The zero-order valence-electron chi connectivity index (χ0n) is 8.91. The summed E-state index contributed by atoms with van der Waals surface area (Å²) in [5.41, 5.74) is 10.3. The summed E-state index contributed by atoms with van der Waals surface area (Å²) in [7, 11) is 1.50. The maximum atomic E-state index is 11.3. The molecule has 0 aromatic rings. The van der Waals surface area contributed by atoms with Crippen LogP contribution in [-0.4, -0.2) is 37.4 Å². The number of rotatable bonds is 5. The molecule has 0 aliphatic rings. The topological polar surface area (TPSA) is 123 Å². The van der Waals surface area contributed by atoms with Crippen LogP contribution in [0.3, 0.4) is 0 Å². The molecule has 0 aliphatic carbocycles. The minimum atomic E-state index is -0.601. The Hall–Kier alpha value is -1.79. The van der Waals surface area contributed by atoms with E-state index in [1.54, 1.807) is 0 Å².